The monoisotopic (exact) mass is 412 g/mol. The number of hydrogen-bond donors (Lipinski definition) is 4. The fourth-order valence-corrected chi connectivity index (χ4v) is 3.48. The number of ether oxygens (including phenoxy) is 1. The smallest absolute Gasteiger partial charge is 0.407 e. The summed E-state index contributed by atoms with van der Waals surface area (Å²) in [5, 5.41) is 22.6. The van der Waals surface area contributed by atoms with Crippen molar-refractivity contribution in [1.82, 2.24) is 10.6 Å². The summed E-state index contributed by atoms with van der Waals surface area (Å²) in [6.45, 7) is 0.954. The van der Waals surface area contributed by atoms with Crippen LogP contribution >= 0.6 is 0 Å². The Kier molecular flexibility index (Phi) is 6.68. The molecule has 0 aromatic heterocycles. The number of aliphatic hydroxyl groups is 1. The fourth-order valence-electron chi connectivity index (χ4n) is 3.48. The molecule has 1 unspecified atom stereocenters. The highest BCUT2D eigenvalue weighted by atomic mass is 16.5. The van der Waals surface area contributed by atoms with Crippen molar-refractivity contribution in [1.29, 1.82) is 0 Å². The van der Waals surface area contributed by atoms with Crippen molar-refractivity contribution >= 4 is 18.0 Å². The summed E-state index contributed by atoms with van der Waals surface area (Å²) in [5.41, 5.74) is 4.46. The number of rotatable bonds is 8. The van der Waals surface area contributed by atoms with Gasteiger partial charge in [-0.1, -0.05) is 55.5 Å². The van der Waals surface area contributed by atoms with Crippen molar-refractivity contribution < 1.29 is 29.3 Å². The second-order valence-corrected chi connectivity index (χ2v) is 7.19. The minimum atomic E-state index is -1.38. The molecule has 158 valence electrons. The van der Waals surface area contributed by atoms with E-state index in [4.69, 9.17) is 14.9 Å². The molecule has 2 aromatic rings. The minimum Gasteiger partial charge on any atom is -0.480 e. The lowest BCUT2D eigenvalue weighted by molar-refractivity contribution is -0.143. The van der Waals surface area contributed by atoms with Gasteiger partial charge in [-0.25, -0.2) is 9.59 Å². The first kappa shape index (κ1) is 21.3. The van der Waals surface area contributed by atoms with E-state index in [0.29, 0.717) is 0 Å². The molecule has 2 amide bonds. The lowest BCUT2D eigenvalue weighted by atomic mass is 9.98. The number of hydrogen-bond acceptors (Lipinski definition) is 5. The third-order valence-corrected chi connectivity index (χ3v) is 5.14. The number of aliphatic hydroxyl groups excluding tert-OH is 1. The summed E-state index contributed by atoms with van der Waals surface area (Å²) in [5.74, 6) is -2.68. The van der Waals surface area contributed by atoms with Crippen LogP contribution < -0.4 is 10.6 Å². The van der Waals surface area contributed by atoms with Crippen LogP contribution in [0.3, 0.4) is 0 Å². The minimum absolute atomic E-state index is 0.0275. The van der Waals surface area contributed by atoms with Gasteiger partial charge in [0.25, 0.3) is 0 Å². The van der Waals surface area contributed by atoms with Gasteiger partial charge in [-0.05, 0) is 22.3 Å². The number of benzene rings is 2. The van der Waals surface area contributed by atoms with Crippen molar-refractivity contribution in [2.24, 2.45) is 5.92 Å². The van der Waals surface area contributed by atoms with Crippen LogP contribution in [0.4, 0.5) is 4.79 Å². The van der Waals surface area contributed by atoms with Crippen molar-refractivity contribution in [2.45, 2.75) is 18.9 Å². The van der Waals surface area contributed by atoms with Crippen LogP contribution in [0.2, 0.25) is 0 Å². The van der Waals surface area contributed by atoms with Gasteiger partial charge >= 0.3 is 12.1 Å². The maximum atomic E-state index is 12.1. The highest BCUT2D eigenvalue weighted by Gasteiger charge is 2.29. The van der Waals surface area contributed by atoms with E-state index in [1.54, 1.807) is 0 Å². The van der Waals surface area contributed by atoms with Crippen LogP contribution in [0.1, 0.15) is 24.0 Å². The van der Waals surface area contributed by atoms with Gasteiger partial charge in [-0.3, -0.25) is 4.79 Å². The van der Waals surface area contributed by atoms with Crippen molar-refractivity contribution in [2.75, 3.05) is 19.8 Å². The second-order valence-electron chi connectivity index (χ2n) is 7.19. The molecule has 0 radical (unpaired) electrons. The molecule has 30 heavy (non-hydrogen) atoms. The molecule has 2 atom stereocenters. The largest absolute Gasteiger partial charge is 0.480 e. The number of carbonyl (C=O) groups is 3. The summed E-state index contributed by atoms with van der Waals surface area (Å²) in [6.07, 6.45) is -0.659. The lowest BCUT2D eigenvalue weighted by Gasteiger charge is -2.17. The maximum Gasteiger partial charge on any atom is 0.407 e. The fraction of sp³-hybridized carbons (Fsp3) is 0.318. The molecule has 0 heterocycles. The van der Waals surface area contributed by atoms with Gasteiger partial charge in [0.15, 0.2) is 0 Å². The predicted octanol–water partition coefficient (Wildman–Crippen LogP) is 1.72. The standard InChI is InChI=1S/C22H24N2O6/c1-13(20(26)24-19(11-25)21(27)28)10-23-22(29)30-12-18-16-8-4-2-6-14(16)15-7-3-5-9-17(15)18/h2-9,13,18-19,25H,10-12H2,1H3,(H,23,29)(H,24,26)(H,27,28)/t13?,19-/m1/s1. The van der Waals surface area contributed by atoms with E-state index < -0.39 is 36.5 Å². The molecule has 0 aliphatic heterocycles. The highest BCUT2D eigenvalue weighted by molar-refractivity contribution is 5.85. The molecular weight excluding hydrogens is 388 g/mol. The predicted molar refractivity (Wildman–Crippen MR) is 109 cm³/mol. The van der Waals surface area contributed by atoms with E-state index in [-0.39, 0.29) is 19.1 Å². The Hall–Kier alpha value is -3.39. The SMILES string of the molecule is CC(CNC(=O)OCC1c2ccccc2-c2ccccc21)C(=O)N[C@H](CO)C(=O)O. The van der Waals surface area contributed by atoms with Crippen molar-refractivity contribution in [3.8, 4) is 11.1 Å². The number of carboxylic acid groups (broad SMARTS) is 1. The molecule has 0 spiro atoms. The molecule has 0 bridgehead atoms. The van der Waals surface area contributed by atoms with Crippen molar-refractivity contribution in [3.05, 3.63) is 59.7 Å². The van der Waals surface area contributed by atoms with E-state index >= 15 is 0 Å². The van der Waals surface area contributed by atoms with Crippen LogP contribution in [0.25, 0.3) is 11.1 Å². The molecule has 4 N–H and O–H groups in total. The van der Waals surface area contributed by atoms with Gasteiger partial charge in [0.05, 0.1) is 12.5 Å². The summed E-state index contributed by atoms with van der Waals surface area (Å²) < 4.78 is 5.39. The van der Waals surface area contributed by atoms with Gasteiger partial charge < -0.3 is 25.6 Å². The number of nitrogens with one attached hydrogen (secondary N) is 2. The first-order valence-electron chi connectivity index (χ1n) is 9.65. The molecule has 3 rings (SSSR count). The Labute approximate surface area is 173 Å². The molecule has 1 aliphatic rings. The quantitative estimate of drug-likeness (QED) is 0.523. The molecule has 0 saturated heterocycles. The maximum absolute atomic E-state index is 12.1. The zero-order valence-electron chi connectivity index (χ0n) is 16.5. The molecule has 1 aliphatic carbocycles. The van der Waals surface area contributed by atoms with Gasteiger partial charge in [0.1, 0.15) is 12.6 Å². The van der Waals surface area contributed by atoms with E-state index in [1.807, 2.05) is 48.5 Å². The number of fused-ring (bicyclic) bond motifs is 3. The molecule has 0 saturated carbocycles. The molecular formula is C22H24N2O6. The number of carbonyl (C=O) groups excluding carboxylic acids is 2. The Bertz CT molecular complexity index is 899. The average Bonchev–Trinajstić information content (AvgIpc) is 3.07. The normalized spacial score (nSPS) is 14.2. The number of aliphatic carboxylic acids is 1. The summed E-state index contributed by atoms with van der Waals surface area (Å²) in [6, 6.07) is 14.6. The van der Waals surface area contributed by atoms with Gasteiger partial charge in [-0.15, -0.1) is 0 Å². The van der Waals surface area contributed by atoms with E-state index in [1.165, 1.54) is 6.92 Å². The second kappa shape index (κ2) is 9.41. The van der Waals surface area contributed by atoms with E-state index in [0.717, 1.165) is 22.3 Å². The molecule has 2 aromatic carbocycles. The number of carboxylic acids is 1. The van der Waals surface area contributed by atoms with Crippen LogP contribution in [-0.2, 0) is 14.3 Å². The Morgan fingerprint density at radius 2 is 1.60 bits per heavy atom. The first-order valence-corrected chi connectivity index (χ1v) is 9.65. The van der Waals surface area contributed by atoms with Crippen LogP contribution in [0, 0.1) is 5.92 Å². The molecule has 8 heteroatoms. The van der Waals surface area contributed by atoms with Gasteiger partial charge in [0.2, 0.25) is 5.91 Å². The zero-order chi connectivity index (χ0) is 21.7. The van der Waals surface area contributed by atoms with Gasteiger partial charge in [0, 0.05) is 12.5 Å². The van der Waals surface area contributed by atoms with Crippen LogP contribution in [-0.4, -0.2) is 54.0 Å². The summed E-state index contributed by atoms with van der Waals surface area (Å²) in [4.78, 5) is 35.0. The van der Waals surface area contributed by atoms with Crippen molar-refractivity contribution in [3.63, 3.8) is 0 Å². The first-order chi connectivity index (χ1) is 14.4. The average molecular weight is 412 g/mol. The van der Waals surface area contributed by atoms with E-state index in [2.05, 4.69) is 10.6 Å². The topological polar surface area (TPSA) is 125 Å². The Morgan fingerprint density at radius 3 is 2.13 bits per heavy atom. The number of amides is 2. The van der Waals surface area contributed by atoms with Crippen LogP contribution in [0.5, 0.6) is 0 Å². The lowest BCUT2D eigenvalue weighted by Crippen LogP contribution is -2.47. The summed E-state index contributed by atoms with van der Waals surface area (Å²) in [7, 11) is 0. The molecule has 8 nitrogen and oxygen atoms in total. The highest BCUT2D eigenvalue weighted by Crippen LogP contribution is 2.44. The summed E-state index contributed by atoms with van der Waals surface area (Å²) >= 11 is 0. The third-order valence-electron chi connectivity index (χ3n) is 5.14. The van der Waals surface area contributed by atoms with Gasteiger partial charge in [-0.2, -0.15) is 0 Å². The molecule has 0 fully saturated rings. The van der Waals surface area contributed by atoms with E-state index in [9.17, 15) is 14.4 Å². The van der Waals surface area contributed by atoms with Crippen LogP contribution in [0.15, 0.2) is 48.5 Å². The Balaban J connectivity index is 1.53. The zero-order valence-corrected chi connectivity index (χ0v) is 16.5. The third kappa shape index (κ3) is 4.60. The Morgan fingerprint density at radius 1 is 1.03 bits per heavy atom. The number of alkyl carbamates (subject to hydrolysis) is 1.